The van der Waals surface area contributed by atoms with Crippen molar-refractivity contribution in [2.24, 2.45) is 0 Å². The summed E-state index contributed by atoms with van der Waals surface area (Å²) >= 11 is 5.86. The van der Waals surface area contributed by atoms with Crippen molar-refractivity contribution in [1.82, 2.24) is 19.6 Å². The molecule has 0 bridgehead atoms. The van der Waals surface area contributed by atoms with Gasteiger partial charge in [-0.2, -0.15) is 14.6 Å². The quantitative estimate of drug-likeness (QED) is 0.756. The van der Waals surface area contributed by atoms with Gasteiger partial charge in [-0.3, -0.25) is 0 Å². The minimum absolute atomic E-state index is 0.0625. The molecule has 0 radical (unpaired) electrons. The highest BCUT2D eigenvalue weighted by atomic mass is 35.5. The summed E-state index contributed by atoms with van der Waals surface area (Å²) in [6.45, 7) is 4.22. The standard InChI is InChI=1S/C11H14ClN5O/c1-8-4-10(17-11(15-8)13-7-14-17)16-2-3-18-9(5-12)6-16/h4,7,9H,2-3,5-6H2,1H3. The molecule has 0 aliphatic carbocycles. The van der Waals surface area contributed by atoms with E-state index in [1.807, 2.05) is 13.0 Å². The zero-order valence-electron chi connectivity index (χ0n) is 10.1. The van der Waals surface area contributed by atoms with Crippen LogP contribution in [0.3, 0.4) is 0 Å². The minimum atomic E-state index is 0.0625. The van der Waals surface area contributed by atoms with Crippen molar-refractivity contribution < 1.29 is 4.74 Å². The van der Waals surface area contributed by atoms with Crippen LogP contribution < -0.4 is 4.90 Å². The molecule has 0 aromatic carbocycles. The fourth-order valence-electron chi connectivity index (χ4n) is 2.16. The molecule has 0 spiro atoms. The molecule has 1 aliphatic heterocycles. The summed E-state index contributed by atoms with van der Waals surface area (Å²) in [6, 6.07) is 2.01. The molecule has 1 aliphatic rings. The Kier molecular flexibility index (Phi) is 3.05. The van der Waals surface area contributed by atoms with E-state index in [9.17, 15) is 0 Å². The fourth-order valence-corrected chi connectivity index (χ4v) is 2.34. The number of anilines is 1. The summed E-state index contributed by atoms with van der Waals surface area (Å²) in [4.78, 5) is 10.7. The summed E-state index contributed by atoms with van der Waals surface area (Å²) in [5.41, 5.74) is 0.930. The number of aromatic nitrogens is 4. The molecule has 0 amide bonds. The largest absolute Gasteiger partial charge is 0.373 e. The first-order valence-electron chi connectivity index (χ1n) is 5.88. The Morgan fingerprint density at radius 3 is 3.28 bits per heavy atom. The molecule has 0 N–H and O–H groups in total. The zero-order chi connectivity index (χ0) is 12.5. The van der Waals surface area contributed by atoms with Crippen LogP contribution in [0.1, 0.15) is 5.69 Å². The molecule has 7 heteroatoms. The van der Waals surface area contributed by atoms with Crippen molar-refractivity contribution in [1.29, 1.82) is 0 Å². The van der Waals surface area contributed by atoms with Gasteiger partial charge < -0.3 is 9.64 Å². The van der Waals surface area contributed by atoms with Gasteiger partial charge in [0.25, 0.3) is 5.78 Å². The third-order valence-electron chi connectivity index (χ3n) is 3.00. The van der Waals surface area contributed by atoms with E-state index in [1.54, 1.807) is 4.52 Å². The Morgan fingerprint density at radius 2 is 2.44 bits per heavy atom. The van der Waals surface area contributed by atoms with Gasteiger partial charge in [-0.15, -0.1) is 11.6 Å². The van der Waals surface area contributed by atoms with Crippen LogP contribution in [0.5, 0.6) is 0 Å². The Hall–Kier alpha value is -1.40. The van der Waals surface area contributed by atoms with E-state index in [1.165, 1.54) is 6.33 Å². The highest BCUT2D eigenvalue weighted by molar-refractivity contribution is 6.18. The number of morpholine rings is 1. The highest BCUT2D eigenvalue weighted by Crippen LogP contribution is 2.19. The topological polar surface area (TPSA) is 55.6 Å². The van der Waals surface area contributed by atoms with Crippen molar-refractivity contribution in [3.8, 4) is 0 Å². The summed E-state index contributed by atoms with van der Waals surface area (Å²) in [5, 5.41) is 4.21. The first kappa shape index (κ1) is 11.7. The van der Waals surface area contributed by atoms with Gasteiger partial charge in [0.05, 0.1) is 18.6 Å². The third kappa shape index (κ3) is 2.02. The first-order chi connectivity index (χ1) is 8.78. The van der Waals surface area contributed by atoms with Crippen LogP contribution in [0.4, 0.5) is 5.82 Å². The molecule has 2 aromatic heterocycles. The summed E-state index contributed by atoms with van der Waals surface area (Å²) in [7, 11) is 0. The lowest BCUT2D eigenvalue weighted by atomic mass is 10.3. The van der Waals surface area contributed by atoms with Gasteiger partial charge in [-0.25, -0.2) is 4.98 Å². The van der Waals surface area contributed by atoms with Crippen LogP contribution >= 0.6 is 11.6 Å². The molecule has 0 saturated carbocycles. The number of alkyl halides is 1. The van der Waals surface area contributed by atoms with Gasteiger partial charge in [0.15, 0.2) is 0 Å². The SMILES string of the molecule is Cc1cc(N2CCOC(CCl)C2)n2ncnc2n1. The fraction of sp³-hybridized carbons (Fsp3) is 0.545. The van der Waals surface area contributed by atoms with Gasteiger partial charge in [0.1, 0.15) is 12.1 Å². The van der Waals surface area contributed by atoms with E-state index in [-0.39, 0.29) is 6.10 Å². The average molecular weight is 268 g/mol. The Balaban J connectivity index is 2.00. The Bertz CT molecular complexity index is 557. The van der Waals surface area contributed by atoms with E-state index < -0.39 is 0 Å². The van der Waals surface area contributed by atoms with Crippen LogP contribution in [0.2, 0.25) is 0 Å². The molecule has 1 unspecified atom stereocenters. The van der Waals surface area contributed by atoms with Crippen molar-refractivity contribution in [2.75, 3.05) is 30.5 Å². The molecular formula is C11H14ClN5O. The Labute approximate surface area is 110 Å². The van der Waals surface area contributed by atoms with E-state index >= 15 is 0 Å². The lowest BCUT2D eigenvalue weighted by molar-refractivity contribution is 0.0550. The second kappa shape index (κ2) is 4.70. The van der Waals surface area contributed by atoms with Crippen molar-refractivity contribution >= 4 is 23.2 Å². The predicted molar refractivity (Wildman–Crippen MR) is 68.2 cm³/mol. The zero-order valence-corrected chi connectivity index (χ0v) is 10.8. The normalized spacial score (nSPS) is 20.6. The maximum Gasteiger partial charge on any atom is 0.254 e. The molecule has 6 nitrogen and oxygen atoms in total. The predicted octanol–water partition coefficient (Wildman–Crippen LogP) is 0.877. The molecular weight excluding hydrogens is 254 g/mol. The lowest BCUT2D eigenvalue weighted by Gasteiger charge is -2.33. The second-order valence-electron chi connectivity index (χ2n) is 4.32. The van der Waals surface area contributed by atoms with Crippen LogP contribution in [0, 0.1) is 6.92 Å². The monoisotopic (exact) mass is 267 g/mol. The average Bonchev–Trinajstić information content (AvgIpc) is 2.85. The van der Waals surface area contributed by atoms with Gasteiger partial charge in [-0.1, -0.05) is 0 Å². The highest BCUT2D eigenvalue weighted by Gasteiger charge is 2.22. The van der Waals surface area contributed by atoms with Crippen LogP contribution in [0.25, 0.3) is 5.78 Å². The smallest absolute Gasteiger partial charge is 0.254 e. The summed E-state index contributed by atoms with van der Waals surface area (Å²) in [6.07, 6.45) is 1.58. The minimum Gasteiger partial charge on any atom is -0.373 e. The molecule has 2 aromatic rings. The molecule has 1 fully saturated rings. The Morgan fingerprint density at radius 1 is 1.56 bits per heavy atom. The number of rotatable bonds is 2. The van der Waals surface area contributed by atoms with Crippen LogP contribution in [0.15, 0.2) is 12.4 Å². The summed E-state index contributed by atoms with van der Waals surface area (Å²) in [5.74, 6) is 2.12. The van der Waals surface area contributed by atoms with E-state index in [4.69, 9.17) is 16.3 Å². The van der Waals surface area contributed by atoms with Gasteiger partial charge >= 0.3 is 0 Å². The van der Waals surface area contributed by atoms with Crippen molar-refractivity contribution in [3.63, 3.8) is 0 Å². The van der Waals surface area contributed by atoms with Crippen LogP contribution in [-0.4, -0.2) is 51.3 Å². The molecule has 3 rings (SSSR count). The number of aryl methyl sites for hydroxylation is 1. The molecule has 1 saturated heterocycles. The van der Waals surface area contributed by atoms with Gasteiger partial charge in [-0.05, 0) is 6.92 Å². The number of nitrogens with zero attached hydrogens (tertiary/aromatic N) is 5. The lowest BCUT2D eigenvalue weighted by Crippen LogP contribution is -2.44. The third-order valence-corrected chi connectivity index (χ3v) is 3.34. The number of hydrogen-bond donors (Lipinski definition) is 0. The maximum absolute atomic E-state index is 5.86. The van der Waals surface area contributed by atoms with Crippen molar-refractivity contribution in [3.05, 3.63) is 18.1 Å². The van der Waals surface area contributed by atoms with Crippen molar-refractivity contribution in [2.45, 2.75) is 13.0 Å². The van der Waals surface area contributed by atoms with E-state index in [0.717, 1.165) is 24.6 Å². The molecule has 96 valence electrons. The van der Waals surface area contributed by atoms with Crippen LogP contribution in [-0.2, 0) is 4.74 Å². The maximum atomic E-state index is 5.86. The number of ether oxygens (including phenoxy) is 1. The molecule has 3 heterocycles. The summed E-state index contributed by atoms with van der Waals surface area (Å²) < 4.78 is 7.32. The molecule has 18 heavy (non-hydrogen) atoms. The first-order valence-corrected chi connectivity index (χ1v) is 6.41. The molecule has 1 atom stereocenters. The second-order valence-corrected chi connectivity index (χ2v) is 4.63. The van der Waals surface area contributed by atoms with Gasteiger partial charge in [0.2, 0.25) is 0 Å². The number of hydrogen-bond acceptors (Lipinski definition) is 5. The number of fused-ring (bicyclic) bond motifs is 1. The van der Waals surface area contributed by atoms with Gasteiger partial charge in [0, 0.05) is 24.8 Å². The number of halogens is 1. The van der Waals surface area contributed by atoms with E-state index in [0.29, 0.717) is 18.3 Å². The van der Waals surface area contributed by atoms with E-state index in [2.05, 4.69) is 20.0 Å².